The van der Waals surface area contributed by atoms with E-state index in [0.717, 1.165) is 27.8 Å². The number of hydrogen-bond donors (Lipinski definition) is 0. The number of thiophene rings is 1. The van der Waals surface area contributed by atoms with Gasteiger partial charge in [-0.25, -0.2) is 15.0 Å². The normalized spacial score (nSPS) is 13.0. The minimum Gasteiger partial charge on any atom is -0.208 e. The quantitative estimate of drug-likeness (QED) is 0.174. The largest absolute Gasteiger partial charge is 0.208 e. The summed E-state index contributed by atoms with van der Waals surface area (Å²) in [5.41, 5.74) is 17.9. The van der Waals surface area contributed by atoms with Crippen LogP contribution in [0.2, 0.25) is 0 Å². The maximum Gasteiger partial charge on any atom is 0.164 e. The Bertz CT molecular complexity index is 3540. The van der Waals surface area contributed by atoms with E-state index in [4.69, 9.17) is 15.0 Å². The molecule has 3 nitrogen and oxygen atoms in total. The minimum absolute atomic E-state index is 0.333. The Hall–Kier alpha value is -7.79. The molecule has 0 N–H and O–H groups in total. The van der Waals surface area contributed by atoms with Gasteiger partial charge in [0.15, 0.2) is 17.5 Å². The van der Waals surface area contributed by atoms with Crippen LogP contribution in [0.25, 0.3) is 98.8 Å². The standard InChI is InChI=1S/C58H35N3S/c1-2-13-38(14-3-1)55-59-56(61-57(60-55)42-29-31-47-46-20-7-11-24-53(46)62-54(47)35-42)41-16-12-15-39(33-41)36-25-27-37(28-26-36)40-30-32-52-48(34-40)45-19-6-10-23-51(45)58(52)49-21-8-4-17-43(49)44-18-5-9-22-50(44)58/h1-35H. The highest BCUT2D eigenvalue weighted by molar-refractivity contribution is 7.25. The van der Waals surface area contributed by atoms with Crippen molar-refractivity contribution in [1.29, 1.82) is 0 Å². The van der Waals surface area contributed by atoms with Gasteiger partial charge >= 0.3 is 0 Å². The van der Waals surface area contributed by atoms with Crippen LogP contribution in [0.1, 0.15) is 22.3 Å². The first-order valence-corrected chi connectivity index (χ1v) is 21.9. The molecule has 4 heteroatoms. The van der Waals surface area contributed by atoms with E-state index in [1.54, 1.807) is 11.3 Å². The summed E-state index contributed by atoms with van der Waals surface area (Å²) in [7, 11) is 0. The number of nitrogens with zero attached hydrogens (tertiary/aromatic N) is 3. The first-order chi connectivity index (χ1) is 30.7. The van der Waals surface area contributed by atoms with Gasteiger partial charge in [-0.15, -0.1) is 11.3 Å². The van der Waals surface area contributed by atoms with Gasteiger partial charge in [0.1, 0.15) is 0 Å². The number of benzene rings is 9. The van der Waals surface area contributed by atoms with Crippen LogP contribution in [0.4, 0.5) is 0 Å². The van der Waals surface area contributed by atoms with Gasteiger partial charge in [-0.2, -0.15) is 0 Å². The fourth-order valence-corrected chi connectivity index (χ4v) is 11.3. The summed E-state index contributed by atoms with van der Waals surface area (Å²) >= 11 is 1.80. The number of aromatic nitrogens is 3. The zero-order valence-electron chi connectivity index (χ0n) is 33.5. The molecule has 2 aromatic heterocycles. The lowest BCUT2D eigenvalue weighted by atomic mass is 9.70. The van der Waals surface area contributed by atoms with Crippen molar-refractivity contribution in [2.75, 3.05) is 0 Å². The van der Waals surface area contributed by atoms with Crippen LogP contribution in [0.5, 0.6) is 0 Å². The minimum atomic E-state index is -0.333. The van der Waals surface area contributed by atoms with E-state index in [2.05, 4.69) is 194 Å². The van der Waals surface area contributed by atoms with Crippen molar-refractivity contribution in [3.8, 4) is 78.7 Å². The van der Waals surface area contributed by atoms with Crippen molar-refractivity contribution >= 4 is 31.5 Å². The molecule has 0 amide bonds. The Morgan fingerprint density at radius 1 is 0.274 bits per heavy atom. The summed E-state index contributed by atoms with van der Waals surface area (Å²) in [4.78, 5) is 15.2. The predicted octanol–water partition coefficient (Wildman–Crippen LogP) is 14.9. The van der Waals surface area contributed by atoms with Crippen molar-refractivity contribution < 1.29 is 0 Å². The van der Waals surface area contributed by atoms with Crippen molar-refractivity contribution in [2.45, 2.75) is 5.41 Å². The first kappa shape index (κ1) is 35.0. The zero-order chi connectivity index (χ0) is 40.8. The summed E-state index contributed by atoms with van der Waals surface area (Å²) in [5, 5.41) is 2.53. The first-order valence-electron chi connectivity index (χ1n) is 21.1. The van der Waals surface area contributed by atoms with E-state index in [0.29, 0.717) is 17.5 Å². The van der Waals surface area contributed by atoms with Gasteiger partial charge in [0.25, 0.3) is 0 Å². The highest BCUT2D eigenvalue weighted by atomic mass is 32.1. The van der Waals surface area contributed by atoms with E-state index in [1.807, 2.05) is 18.2 Å². The highest BCUT2D eigenvalue weighted by Gasteiger charge is 2.51. The third-order valence-electron chi connectivity index (χ3n) is 13.0. The fourth-order valence-electron chi connectivity index (χ4n) is 10.2. The van der Waals surface area contributed by atoms with Gasteiger partial charge in [0.2, 0.25) is 0 Å². The van der Waals surface area contributed by atoms with Crippen LogP contribution in [-0.4, -0.2) is 15.0 Å². The van der Waals surface area contributed by atoms with E-state index >= 15 is 0 Å². The molecule has 2 aliphatic carbocycles. The molecule has 0 atom stereocenters. The summed E-state index contributed by atoms with van der Waals surface area (Å²) in [6, 6.07) is 76.9. The Labute approximate surface area is 363 Å². The van der Waals surface area contributed by atoms with Gasteiger partial charge in [0, 0.05) is 36.9 Å². The molecule has 0 radical (unpaired) electrons. The van der Waals surface area contributed by atoms with Gasteiger partial charge in [-0.1, -0.05) is 188 Å². The molecule has 62 heavy (non-hydrogen) atoms. The topological polar surface area (TPSA) is 38.7 Å². The molecule has 11 aromatic rings. The van der Waals surface area contributed by atoms with Gasteiger partial charge < -0.3 is 0 Å². The van der Waals surface area contributed by atoms with E-state index in [9.17, 15) is 0 Å². The smallest absolute Gasteiger partial charge is 0.164 e. The van der Waals surface area contributed by atoms with Crippen molar-refractivity contribution in [2.24, 2.45) is 0 Å². The highest BCUT2D eigenvalue weighted by Crippen LogP contribution is 2.63. The Balaban J connectivity index is 0.867. The van der Waals surface area contributed by atoms with Gasteiger partial charge in [-0.05, 0) is 91.0 Å². The number of rotatable bonds is 5. The molecule has 1 spiro atoms. The maximum atomic E-state index is 5.13. The average molecular weight is 806 g/mol. The van der Waals surface area contributed by atoms with Crippen LogP contribution in [0, 0.1) is 0 Å². The molecule has 9 aromatic carbocycles. The molecular weight excluding hydrogens is 771 g/mol. The van der Waals surface area contributed by atoms with Gasteiger partial charge in [0.05, 0.1) is 5.41 Å². The molecule has 0 saturated carbocycles. The molecule has 0 bridgehead atoms. The lowest BCUT2D eigenvalue weighted by Crippen LogP contribution is -2.25. The van der Waals surface area contributed by atoms with E-state index in [-0.39, 0.29) is 5.41 Å². The van der Waals surface area contributed by atoms with E-state index in [1.165, 1.54) is 75.8 Å². The SMILES string of the molecule is c1ccc(-c2nc(-c3cccc(-c4ccc(-c5ccc6c(c5)-c5ccccc5C65c6ccccc6-c6ccccc65)cc4)c3)nc(-c3ccc4c(c3)sc3ccccc34)n2)cc1. The lowest BCUT2D eigenvalue weighted by Gasteiger charge is -2.30. The predicted molar refractivity (Wildman–Crippen MR) is 256 cm³/mol. The van der Waals surface area contributed by atoms with Crippen molar-refractivity contribution in [1.82, 2.24) is 15.0 Å². The number of hydrogen-bond acceptors (Lipinski definition) is 4. The zero-order valence-corrected chi connectivity index (χ0v) is 34.3. The fraction of sp³-hybridized carbons (Fsp3) is 0.0172. The average Bonchev–Trinajstić information content (AvgIpc) is 3.98. The maximum absolute atomic E-state index is 5.13. The molecule has 0 fully saturated rings. The van der Waals surface area contributed by atoms with Crippen LogP contribution in [-0.2, 0) is 5.41 Å². The second-order valence-electron chi connectivity index (χ2n) is 16.3. The molecule has 2 heterocycles. The molecular formula is C58H35N3S. The summed E-state index contributed by atoms with van der Waals surface area (Å²) in [6.07, 6.45) is 0. The van der Waals surface area contributed by atoms with Crippen LogP contribution < -0.4 is 0 Å². The molecule has 288 valence electrons. The number of fused-ring (bicyclic) bond motifs is 13. The Morgan fingerprint density at radius 2 is 0.726 bits per heavy atom. The van der Waals surface area contributed by atoms with E-state index < -0.39 is 0 Å². The van der Waals surface area contributed by atoms with Crippen LogP contribution in [0.3, 0.4) is 0 Å². The summed E-state index contributed by atoms with van der Waals surface area (Å²) in [6.45, 7) is 0. The van der Waals surface area contributed by atoms with Crippen molar-refractivity contribution in [3.05, 3.63) is 235 Å². The van der Waals surface area contributed by atoms with Gasteiger partial charge in [-0.3, -0.25) is 0 Å². The van der Waals surface area contributed by atoms with Crippen LogP contribution >= 0.6 is 11.3 Å². The Kier molecular flexibility index (Phi) is 7.69. The second kappa shape index (κ2) is 13.6. The van der Waals surface area contributed by atoms with Crippen molar-refractivity contribution in [3.63, 3.8) is 0 Å². The second-order valence-corrected chi connectivity index (χ2v) is 17.4. The summed E-state index contributed by atoms with van der Waals surface area (Å²) < 4.78 is 2.50. The lowest BCUT2D eigenvalue weighted by molar-refractivity contribution is 0.794. The monoisotopic (exact) mass is 805 g/mol. The van der Waals surface area contributed by atoms with Crippen LogP contribution in [0.15, 0.2) is 212 Å². The summed E-state index contributed by atoms with van der Waals surface area (Å²) in [5.74, 6) is 1.96. The molecule has 13 rings (SSSR count). The molecule has 2 aliphatic rings. The Morgan fingerprint density at radius 3 is 1.40 bits per heavy atom. The molecule has 0 saturated heterocycles. The molecule has 0 aliphatic heterocycles. The molecule has 0 unspecified atom stereocenters. The third kappa shape index (κ3) is 5.20. The third-order valence-corrected chi connectivity index (χ3v) is 14.1.